The molecule has 7 fully saturated rings. The minimum absolute atomic E-state index is 0.0490. The van der Waals surface area contributed by atoms with Crippen LogP contribution in [0.25, 0.3) is 0 Å². The highest BCUT2D eigenvalue weighted by Crippen LogP contribution is 2.68. The quantitative estimate of drug-likeness (QED) is 0.329. The minimum Gasteiger partial charge on any atom is -0.393 e. The van der Waals surface area contributed by atoms with E-state index in [1.165, 1.54) is 69.8 Å². The number of rotatable bonds is 2. The maximum Gasteiger partial charge on any atom is 0.155 e. The second-order valence-corrected chi connectivity index (χ2v) is 19.1. The fourth-order valence-electron chi connectivity index (χ4n) is 15.1. The van der Waals surface area contributed by atoms with Gasteiger partial charge in [-0.1, -0.05) is 33.3 Å². The Morgan fingerprint density at radius 3 is 1.78 bits per heavy atom. The van der Waals surface area contributed by atoms with Crippen LogP contribution in [0.1, 0.15) is 151 Å². The summed E-state index contributed by atoms with van der Waals surface area (Å²) >= 11 is 0. The molecule has 8 rings (SSSR count). The first-order valence-corrected chi connectivity index (χ1v) is 19.6. The number of hydrogen-bond acceptors (Lipinski definition) is 4. The van der Waals surface area contributed by atoms with Gasteiger partial charge in [0, 0.05) is 18.3 Å². The molecule has 256 valence electrons. The van der Waals surface area contributed by atoms with Crippen LogP contribution < -0.4 is 0 Å². The Labute approximate surface area is 279 Å². The summed E-state index contributed by atoms with van der Waals surface area (Å²) < 4.78 is 0. The summed E-state index contributed by atoms with van der Waals surface area (Å²) in [7, 11) is 0. The smallest absolute Gasteiger partial charge is 0.155 e. The maximum atomic E-state index is 12.2. The van der Waals surface area contributed by atoms with Crippen LogP contribution in [0.4, 0.5) is 0 Å². The van der Waals surface area contributed by atoms with Crippen molar-refractivity contribution in [3.63, 3.8) is 0 Å². The largest absolute Gasteiger partial charge is 0.393 e. The number of hydrogen-bond donors (Lipinski definition) is 1. The van der Waals surface area contributed by atoms with E-state index >= 15 is 0 Å². The van der Waals surface area contributed by atoms with Crippen LogP contribution in [0, 0.1) is 74.9 Å². The Hall–Kier alpha value is -1.29. The van der Waals surface area contributed by atoms with Crippen molar-refractivity contribution in [3.05, 3.63) is 11.6 Å². The fourth-order valence-corrected chi connectivity index (χ4v) is 15.1. The molecule has 4 heteroatoms. The van der Waals surface area contributed by atoms with E-state index in [2.05, 4.69) is 27.7 Å². The third-order valence-corrected chi connectivity index (χ3v) is 17.6. The second kappa shape index (κ2) is 11.7. The van der Waals surface area contributed by atoms with E-state index in [0.29, 0.717) is 34.6 Å². The topological polar surface area (TPSA) is 71.4 Å². The van der Waals surface area contributed by atoms with E-state index in [4.69, 9.17) is 0 Å². The molecule has 0 bridgehead atoms. The van der Waals surface area contributed by atoms with Crippen LogP contribution in [0.15, 0.2) is 11.6 Å². The Bertz CT molecular complexity index is 1280. The summed E-state index contributed by atoms with van der Waals surface area (Å²) in [5.41, 5.74) is 2.68. The number of aliphatic hydroxyl groups excluding tert-OH is 1. The van der Waals surface area contributed by atoms with Gasteiger partial charge < -0.3 is 5.11 Å². The molecule has 0 radical (unpaired) electrons. The van der Waals surface area contributed by atoms with Crippen LogP contribution in [0.3, 0.4) is 0 Å². The molecular weight excluding hydrogens is 568 g/mol. The Balaban J connectivity index is 0.000000147. The van der Waals surface area contributed by atoms with Crippen molar-refractivity contribution in [2.24, 2.45) is 74.9 Å². The first kappa shape index (κ1) is 33.2. The molecule has 1 N–H and O–H groups in total. The van der Waals surface area contributed by atoms with Gasteiger partial charge in [-0.3, -0.25) is 14.4 Å². The highest BCUT2D eigenvalue weighted by molar-refractivity contribution is 5.91. The van der Waals surface area contributed by atoms with Crippen molar-refractivity contribution in [2.75, 3.05) is 0 Å². The number of carbonyl (C=O) groups is 3. The summed E-state index contributed by atoms with van der Waals surface area (Å²) in [6.45, 7) is 13.4. The SMILES string of the molecule is CC(=O)[C@H]1CC[C@H]2[C@@H]3CCC4=CC(=O)CC[C@]4(C)[C@H]3CC[C@]12C.CC(=O)[C@H]1CC[C@H]2[C@@H]3CC[C@H]4C[C@H](O)CC[C@]4(C)[C@H]3CC[C@]12C. The van der Waals surface area contributed by atoms with Gasteiger partial charge in [-0.15, -0.1) is 0 Å². The van der Waals surface area contributed by atoms with Gasteiger partial charge in [-0.05, 0) is 186 Å². The van der Waals surface area contributed by atoms with Crippen molar-refractivity contribution < 1.29 is 19.5 Å². The molecule has 4 nitrogen and oxygen atoms in total. The summed E-state index contributed by atoms with van der Waals surface area (Å²) in [5, 5.41) is 10.1. The first-order valence-electron chi connectivity index (χ1n) is 19.6. The number of Topliss-reactive ketones (excluding diaryl/α,β-unsaturated/α-hetero) is 2. The predicted octanol–water partition coefficient (Wildman–Crippen LogP) is 9.32. The van der Waals surface area contributed by atoms with Crippen molar-refractivity contribution in [2.45, 2.75) is 157 Å². The maximum absolute atomic E-state index is 12.2. The summed E-state index contributed by atoms with van der Waals surface area (Å²) in [6, 6.07) is 0. The molecular formula is C42H64O4. The van der Waals surface area contributed by atoms with Crippen LogP contribution in [-0.4, -0.2) is 28.6 Å². The first-order chi connectivity index (χ1) is 21.7. The van der Waals surface area contributed by atoms with Gasteiger partial charge in [0.2, 0.25) is 0 Å². The van der Waals surface area contributed by atoms with E-state index in [-0.39, 0.29) is 22.3 Å². The Morgan fingerprint density at radius 1 is 0.630 bits per heavy atom. The Morgan fingerprint density at radius 2 is 1.17 bits per heavy atom. The van der Waals surface area contributed by atoms with Gasteiger partial charge in [-0.25, -0.2) is 0 Å². The van der Waals surface area contributed by atoms with Crippen molar-refractivity contribution in [1.29, 1.82) is 0 Å². The molecule has 0 amide bonds. The lowest BCUT2D eigenvalue weighted by Crippen LogP contribution is -2.54. The van der Waals surface area contributed by atoms with Gasteiger partial charge in [0.05, 0.1) is 6.10 Å². The van der Waals surface area contributed by atoms with Gasteiger partial charge in [0.25, 0.3) is 0 Å². The highest BCUT2D eigenvalue weighted by atomic mass is 16.3. The summed E-state index contributed by atoms with van der Waals surface area (Å²) in [4.78, 5) is 36.2. The molecule has 0 unspecified atom stereocenters. The lowest BCUT2D eigenvalue weighted by atomic mass is 9.44. The molecule has 0 spiro atoms. The van der Waals surface area contributed by atoms with Crippen LogP contribution in [0.5, 0.6) is 0 Å². The van der Waals surface area contributed by atoms with Gasteiger partial charge in [0.15, 0.2) is 5.78 Å². The number of allylic oxidation sites excluding steroid dienone is 1. The molecule has 0 aromatic carbocycles. The molecule has 8 aliphatic carbocycles. The minimum atomic E-state index is -0.0490. The van der Waals surface area contributed by atoms with Gasteiger partial charge >= 0.3 is 0 Å². The summed E-state index contributed by atoms with van der Waals surface area (Å²) in [5.74, 6) is 7.26. The fraction of sp³-hybridized carbons (Fsp3) is 0.881. The zero-order valence-electron chi connectivity index (χ0n) is 30.0. The zero-order valence-corrected chi connectivity index (χ0v) is 30.0. The van der Waals surface area contributed by atoms with Crippen molar-refractivity contribution >= 4 is 17.3 Å². The number of fused-ring (bicyclic) bond motifs is 10. The van der Waals surface area contributed by atoms with E-state index in [0.717, 1.165) is 86.4 Å². The molecule has 0 saturated heterocycles. The molecule has 46 heavy (non-hydrogen) atoms. The van der Waals surface area contributed by atoms with E-state index in [9.17, 15) is 19.5 Å². The average molecular weight is 633 g/mol. The highest BCUT2D eigenvalue weighted by Gasteiger charge is 2.62. The third-order valence-electron chi connectivity index (χ3n) is 17.6. The number of ketones is 3. The normalized spacial score (nSPS) is 52.3. The molecule has 0 aromatic heterocycles. The lowest BCUT2D eigenvalue weighted by Gasteiger charge is -2.60. The van der Waals surface area contributed by atoms with Gasteiger partial charge in [0.1, 0.15) is 11.6 Å². The van der Waals surface area contributed by atoms with E-state index in [1.807, 2.05) is 13.0 Å². The third kappa shape index (κ3) is 4.93. The average Bonchev–Trinajstić information content (AvgIpc) is 3.55. The van der Waals surface area contributed by atoms with Crippen molar-refractivity contribution in [3.8, 4) is 0 Å². The number of aliphatic hydroxyl groups is 1. The molecule has 0 heterocycles. The van der Waals surface area contributed by atoms with Crippen LogP contribution >= 0.6 is 0 Å². The molecule has 8 aliphatic rings. The second-order valence-electron chi connectivity index (χ2n) is 19.1. The van der Waals surface area contributed by atoms with Crippen LogP contribution in [-0.2, 0) is 14.4 Å². The van der Waals surface area contributed by atoms with Crippen molar-refractivity contribution in [1.82, 2.24) is 0 Å². The summed E-state index contributed by atoms with van der Waals surface area (Å²) in [6.07, 6.45) is 21.8. The standard InChI is InChI=1S/C21H34O2.C21H30O2/c2*1-13(22)17-6-7-18-16-5-4-14-12-15(23)8-10-20(14,2)19(16)9-11-21(17,18)3/h14-19,23H,4-12H2,1-3H3;12,16-19H,4-11H2,1-3H3/t14-,15+,16-,17+,18-,19-,20-,21+;16-,17+,18-,19-,20-,21+/m00/s1. The molecule has 7 saturated carbocycles. The molecule has 0 aliphatic heterocycles. The lowest BCUT2D eigenvalue weighted by molar-refractivity contribution is -0.138. The van der Waals surface area contributed by atoms with E-state index in [1.54, 1.807) is 6.92 Å². The molecule has 0 aromatic rings. The van der Waals surface area contributed by atoms with Gasteiger partial charge in [-0.2, -0.15) is 0 Å². The number of carbonyl (C=O) groups excluding carboxylic acids is 3. The van der Waals surface area contributed by atoms with E-state index < -0.39 is 0 Å². The van der Waals surface area contributed by atoms with Crippen LogP contribution in [0.2, 0.25) is 0 Å². The monoisotopic (exact) mass is 632 g/mol. The zero-order chi connectivity index (χ0) is 32.8. The predicted molar refractivity (Wildman–Crippen MR) is 183 cm³/mol. The Kier molecular flexibility index (Phi) is 8.42. The molecule has 14 atom stereocenters.